The van der Waals surface area contributed by atoms with Crippen molar-refractivity contribution in [1.29, 1.82) is 0 Å². The van der Waals surface area contributed by atoms with Crippen LogP contribution in [0.1, 0.15) is 26.2 Å². The Hall–Kier alpha value is -1.43. The molecule has 1 saturated carbocycles. The molecule has 0 aromatic heterocycles. The molecule has 1 aliphatic carbocycles. The lowest BCUT2D eigenvalue weighted by Gasteiger charge is -2.31. The molecule has 0 bridgehead atoms. The maximum Gasteiger partial charge on any atom is 0.330 e. The van der Waals surface area contributed by atoms with Crippen molar-refractivity contribution in [2.45, 2.75) is 26.2 Å². The molecular weight excluding hydrogens is 236 g/mol. The van der Waals surface area contributed by atoms with Crippen LogP contribution in [0.15, 0.2) is 0 Å². The van der Waals surface area contributed by atoms with Crippen molar-refractivity contribution in [2.24, 2.45) is 11.3 Å². The molecule has 0 spiro atoms. The highest BCUT2D eigenvalue weighted by atomic mass is 16.5. The van der Waals surface area contributed by atoms with Crippen LogP contribution >= 0.6 is 0 Å². The number of amides is 4. The third-order valence-corrected chi connectivity index (χ3v) is 3.79. The van der Waals surface area contributed by atoms with Crippen molar-refractivity contribution >= 4 is 17.8 Å². The van der Waals surface area contributed by atoms with Gasteiger partial charge in [0.15, 0.2) is 0 Å². The Bertz CT molecular complexity index is 390. The van der Waals surface area contributed by atoms with Crippen LogP contribution in [-0.2, 0) is 14.3 Å². The van der Waals surface area contributed by atoms with E-state index in [-0.39, 0.29) is 5.41 Å². The Kier molecular flexibility index (Phi) is 3.38. The first-order chi connectivity index (χ1) is 8.49. The minimum Gasteiger partial charge on any atom is -0.385 e. The Morgan fingerprint density at radius 3 is 2.61 bits per heavy atom. The van der Waals surface area contributed by atoms with Crippen molar-refractivity contribution in [3.8, 4) is 0 Å². The van der Waals surface area contributed by atoms with Gasteiger partial charge < -0.3 is 4.74 Å². The number of ether oxygens (including phenoxy) is 1. The number of barbiturate groups is 1. The van der Waals surface area contributed by atoms with Crippen LogP contribution in [-0.4, -0.2) is 43.0 Å². The largest absolute Gasteiger partial charge is 0.385 e. The zero-order valence-electron chi connectivity index (χ0n) is 10.7. The van der Waals surface area contributed by atoms with Crippen molar-refractivity contribution in [3.63, 3.8) is 0 Å². The monoisotopic (exact) mass is 254 g/mol. The Labute approximate surface area is 106 Å². The molecule has 0 aromatic carbocycles. The fourth-order valence-corrected chi connectivity index (χ4v) is 2.19. The van der Waals surface area contributed by atoms with E-state index in [1.807, 2.05) is 0 Å². The zero-order chi connectivity index (χ0) is 13.3. The SMILES string of the molecule is COCCC1(CN2C(=O)NC(=O)C(C)C2=O)CC1. The Morgan fingerprint density at radius 1 is 1.39 bits per heavy atom. The summed E-state index contributed by atoms with van der Waals surface area (Å²) in [6.45, 7) is 2.53. The van der Waals surface area contributed by atoms with Gasteiger partial charge in [0.1, 0.15) is 5.92 Å². The summed E-state index contributed by atoms with van der Waals surface area (Å²) in [5, 5.41) is 2.21. The van der Waals surface area contributed by atoms with Gasteiger partial charge in [-0.05, 0) is 31.6 Å². The summed E-state index contributed by atoms with van der Waals surface area (Å²) in [6, 6.07) is -0.591. The van der Waals surface area contributed by atoms with Crippen molar-refractivity contribution < 1.29 is 19.1 Å². The number of nitrogens with zero attached hydrogens (tertiary/aromatic N) is 1. The van der Waals surface area contributed by atoms with Gasteiger partial charge in [0, 0.05) is 20.3 Å². The second kappa shape index (κ2) is 4.68. The van der Waals surface area contributed by atoms with Gasteiger partial charge >= 0.3 is 6.03 Å². The van der Waals surface area contributed by atoms with E-state index in [1.165, 1.54) is 11.8 Å². The van der Waals surface area contributed by atoms with Crippen LogP contribution in [0.2, 0.25) is 0 Å². The maximum atomic E-state index is 11.9. The smallest absolute Gasteiger partial charge is 0.330 e. The molecule has 4 amide bonds. The second-order valence-corrected chi connectivity index (χ2v) is 5.18. The van der Waals surface area contributed by atoms with Gasteiger partial charge in [-0.1, -0.05) is 0 Å². The van der Waals surface area contributed by atoms with Crippen molar-refractivity contribution in [2.75, 3.05) is 20.3 Å². The predicted molar refractivity (Wildman–Crippen MR) is 62.6 cm³/mol. The Morgan fingerprint density at radius 2 is 2.06 bits per heavy atom. The van der Waals surface area contributed by atoms with E-state index in [9.17, 15) is 14.4 Å². The van der Waals surface area contributed by atoms with E-state index in [1.54, 1.807) is 7.11 Å². The van der Waals surface area contributed by atoms with E-state index in [2.05, 4.69) is 5.32 Å². The molecule has 6 heteroatoms. The lowest BCUT2D eigenvalue weighted by atomic mass is 10.00. The van der Waals surface area contributed by atoms with Crippen molar-refractivity contribution in [3.05, 3.63) is 0 Å². The second-order valence-electron chi connectivity index (χ2n) is 5.18. The summed E-state index contributed by atoms with van der Waals surface area (Å²) >= 11 is 0. The fourth-order valence-electron chi connectivity index (χ4n) is 2.19. The summed E-state index contributed by atoms with van der Waals surface area (Å²) in [4.78, 5) is 36.1. The standard InChI is InChI=1S/C12H18N2O4/c1-8-9(15)13-11(17)14(10(8)16)7-12(3-4-12)5-6-18-2/h8H,3-7H2,1-2H3,(H,13,15,17). The van der Waals surface area contributed by atoms with Gasteiger partial charge in [0.25, 0.3) is 0 Å². The summed E-state index contributed by atoms with van der Waals surface area (Å²) in [7, 11) is 1.63. The first-order valence-corrected chi connectivity index (χ1v) is 6.14. The van der Waals surface area contributed by atoms with E-state index in [4.69, 9.17) is 4.74 Å². The zero-order valence-corrected chi connectivity index (χ0v) is 10.7. The molecule has 1 aliphatic heterocycles. The van der Waals surface area contributed by atoms with Gasteiger partial charge in [-0.3, -0.25) is 19.8 Å². The normalized spacial score (nSPS) is 26.2. The third-order valence-electron chi connectivity index (χ3n) is 3.79. The molecule has 1 heterocycles. The average molecular weight is 254 g/mol. The van der Waals surface area contributed by atoms with Gasteiger partial charge in [0.05, 0.1) is 0 Å². The molecular formula is C12H18N2O4. The van der Waals surface area contributed by atoms with E-state index in [0.29, 0.717) is 13.2 Å². The molecule has 18 heavy (non-hydrogen) atoms. The number of nitrogens with one attached hydrogen (secondary N) is 1. The number of rotatable bonds is 5. The molecule has 2 rings (SSSR count). The quantitative estimate of drug-likeness (QED) is 0.726. The van der Waals surface area contributed by atoms with E-state index < -0.39 is 23.8 Å². The molecule has 1 atom stereocenters. The third kappa shape index (κ3) is 2.38. The lowest BCUT2D eigenvalue weighted by Crippen LogP contribution is -2.58. The summed E-state index contributed by atoms with van der Waals surface area (Å²) in [6.07, 6.45) is 2.83. The molecule has 1 unspecified atom stereocenters. The van der Waals surface area contributed by atoms with Crippen LogP contribution in [0.3, 0.4) is 0 Å². The van der Waals surface area contributed by atoms with Gasteiger partial charge in [0.2, 0.25) is 11.8 Å². The predicted octanol–water partition coefficient (Wildman–Crippen LogP) is 0.518. The minimum absolute atomic E-state index is 0.00309. The van der Waals surface area contributed by atoms with Crippen LogP contribution in [0.5, 0.6) is 0 Å². The molecule has 0 aromatic rings. The first kappa shape index (κ1) is 13.0. The van der Waals surface area contributed by atoms with E-state index >= 15 is 0 Å². The summed E-state index contributed by atoms with van der Waals surface area (Å²) in [5.74, 6) is -1.68. The number of methoxy groups -OCH3 is 1. The molecule has 1 N–H and O–H groups in total. The number of imide groups is 2. The van der Waals surface area contributed by atoms with Crippen molar-refractivity contribution in [1.82, 2.24) is 10.2 Å². The van der Waals surface area contributed by atoms with Gasteiger partial charge in [-0.25, -0.2) is 4.79 Å². The number of urea groups is 1. The highest BCUT2D eigenvalue weighted by Gasteiger charge is 2.48. The fraction of sp³-hybridized carbons (Fsp3) is 0.750. The summed E-state index contributed by atoms with van der Waals surface area (Å²) in [5.41, 5.74) is 0.00309. The Balaban J connectivity index is 2.02. The molecule has 2 fully saturated rings. The minimum atomic E-state index is -0.777. The average Bonchev–Trinajstić information content (AvgIpc) is 3.10. The highest BCUT2D eigenvalue weighted by molar-refractivity contribution is 6.15. The number of hydrogen-bond donors (Lipinski definition) is 1. The number of carbonyl (C=O) groups excluding carboxylic acids is 3. The first-order valence-electron chi connectivity index (χ1n) is 6.14. The highest BCUT2D eigenvalue weighted by Crippen LogP contribution is 2.49. The topological polar surface area (TPSA) is 75.7 Å². The summed E-state index contributed by atoms with van der Waals surface area (Å²) < 4.78 is 5.04. The molecule has 2 aliphatic rings. The number of hydrogen-bond acceptors (Lipinski definition) is 4. The molecule has 100 valence electrons. The lowest BCUT2D eigenvalue weighted by molar-refractivity contribution is -0.142. The molecule has 1 saturated heterocycles. The molecule has 6 nitrogen and oxygen atoms in total. The molecule has 0 radical (unpaired) electrons. The maximum absolute atomic E-state index is 11.9. The van der Waals surface area contributed by atoms with Crippen LogP contribution < -0.4 is 5.32 Å². The van der Waals surface area contributed by atoms with Crippen LogP contribution in [0.25, 0.3) is 0 Å². The van der Waals surface area contributed by atoms with E-state index in [0.717, 1.165) is 19.3 Å². The van der Waals surface area contributed by atoms with Crippen LogP contribution in [0.4, 0.5) is 4.79 Å². The van der Waals surface area contributed by atoms with Crippen LogP contribution in [0, 0.1) is 11.3 Å². The number of carbonyl (C=O) groups is 3. The van der Waals surface area contributed by atoms with Gasteiger partial charge in [-0.2, -0.15) is 0 Å². The van der Waals surface area contributed by atoms with Gasteiger partial charge in [-0.15, -0.1) is 0 Å².